The Labute approximate surface area is 171 Å². The highest BCUT2D eigenvalue weighted by Crippen LogP contribution is 2.37. The summed E-state index contributed by atoms with van der Waals surface area (Å²) in [5, 5.41) is 8.72. The van der Waals surface area contributed by atoms with E-state index in [1.54, 1.807) is 0 Å². The fourth-order valence-electron chi connectivity index (χ4n) is 3.82. The van der Waals surface area contributed by atoms with E-state index < -0.39 is 0 Å². The maximum Gasteiger partial charge on any atom is 0.275 e. The van der Waals surface area contributed by atoms with Gasteiger partial charge in [0.2, 0.25) is 0 Å². The number of nitrogens with zero attached hydrogens (tertiary/aromatic N) is 3. The number of hydrogen-bond donors (Lipinski definition) is 1. The Balaban J connectivity index is 0.00000210. The number of carbonyl (C=O) groups is 1. The Morgan fingerprint density at radius 1 is 1.30 bits per heavy atom. The number of carbonyl (C=O) groups excluding carboxylic acids is 1. The van der Waals surface area contributed by atoms with Gasteiger partial charge in [-0.15, -0.1) is 12.4 Å². The van der Waals surface area contributed by atoms with E-state index in [-0.39, 0.29) is 30.4 Å². The largest absolute Gasteiger partial charge is 0.327 e. The van der Waals surface area contributed by atoms with Gasteiger partial charge in [0.1, 0.15) is 5.69 Å². The molecule has 1 saturated heterocycles. The zero-order chi connectivity index (χ0) is 18.1. The molecule has 0 spiro atoms. The third-order valence-corrected chi connectivity index (χ3v) is 5.76. The number of aromatic nitrogens is 2. The number of nitrogens with one attached hydrogen (secondary N) is 1. The molecule has 2 aliphatic rings. The molecule has 1 amide bonds. The molecule has 2 aromatic rings. The quantitative estimate of drug-likeness (QED) is 0.804. The van der Waals surface area contributed by atoms with Gasteiger partial charge in [-0.25, -0.2) is 0 Å². The first-order valence-electron chi connectivity index (χ1n) is 9.48. The molecule has 0 bridgehead atoms. The third kappa shape index (κ3) is 4.31. The minimum atomic E-state index is -0.0646. The van der Waals surface area contributed by atoms with Crippen molar-refractivity contribution < 1.29 is 4.79 Å². The van der Waals surface area contributed by atoms with Crippen LogP contribution in [0.3, 0.4) is 0 Å². The van der Waals surface area contributed by atoms with E-state index in [0.29, 0.717) is 16.8 Å². The van der Waals surface area contributed by atoms with E-state index in [0.717, 1.165) is 44.3 Å². The molecule has 1 aliphatic heterocycles. The van der Waals surface area contributed by atoms with E-state index in [4.69, 9.17) is 11.6 Å². The molecule has 2 fully saturated rings. The summed E-state index contributed by atoms with van der Waals surface area (Å²) in [6.45, 7) is 4.03. The summed E-state index contributed by atoms with van der Waals surface area (Å²) in [4.78, 5) is 15.2. The summed E-state index contributed by atoms with van der Waals surface area (Å²) in [5.41, 5.74) is 1.52. The van der Waals surface area contributed by atoms with Crippen LogP contribution in [0.25, 0.3) is 0 Å². The van der Waals surface area contributed by atoms with Gasteiger partial charge in [-0.05, 0) is 56.8 Å². The van der Waals surface area contributed by atoms with Crippen molar-refractivity contribution in [2.45, 2.75) is 50.7 Å². The monoisotopic (exact) mass is 408 g/mol. The Morgan fingerprint density at radius 2 is 2.07 bits per heavy atom. The Kier molecular flexibility index (Phi) is 6.45. The number of rotatable bonds is 5. The third-order valence-electron chi connectivity index (χ3n) is 5.42. The van der Waals surface area contributed by atoms with E-state index in [1.165, 1.54) is 0 Å². The zero-order valence-corrected chi connectivity index (χ0v) is 17.0. The van der Waals surface area contributed by atoms with Gasteiger partial charge < -0.3 is 10.2 Å². The van der Waals surface area contributed by atoms with Gasteiger partial charge in [0.15, 0.2) is 0 Å². The van der Waals surface area contributed by atoms with Crippen molar-refractivity contribution >= 4 is 29.9 Å². The molecule has 27 heavy (non-hydrogen) atoms. The highest BCUT2D eigenvalue weighted by molar-refractivity contribution is 6.31. The van der Waals surface area contributed by atoms with Gasteiger partial charge in [-0.1, -0.05) is 29.8 Å². The van der Waals surface area contributed by atoms with Crippen LogP contribution in [-0.2, 0) is 0 Å². The van der Waals surface area contributed by atoms with Crippen molar-refractivity contribution in [1.82, 2.24) is 20.0 Å². The van der Waals surface area contributed by atoms with Gasteiger partial charge in [-0.2, -0.15) is 5.10 Å². The predicted molar refractivity (Wildman–Crippen MR) is 110 cm³/mol. The first-order valence-corrected chi connectivity index (χ1v) is 9.86. The predicted octanol–water partition coefficient (Wildman–Crippen LogP) is 4.25. The van der Waals surface area contributed by atoms with Gasteiger partial charge in [0, 0.05) is 23.8 Å². The summed E-state index contributed by atoms with van der Waals surface area (Å²) in [6.07, 6.45) is 6.29. The van der Waals surface area contributed by atoms with Crippen molar-refractivity contribution in [3.63, 3.8) is 0 Å². The van der Waals surface area contributed by atoms with E-state index in [2.05, 4.69) is 17.3 Å². The molecule has 7 heteroatoms. The molecular formula is C20H26Cl2N4O. The maximum atomic E-state index is 13.2. The van der Waals surface area contributed by atoms with E-state index in [9.17, 15) is 4.79 Å². The maximum absolute atomic E-state index is 13.2. The van der Waals surface area contributed by atoms with Crippen LogP contribution in [0, 0.1) is 0 Å². The van der Waals surface area contributed by atoms with Crippen LogP contribution in [0.15, 0.2) is 36.5 Å². The van der Waals surface area contributed by atoms with E-state index in [1.807, 2.05) is 46.1 Å². The zero-order valence-electron chi connectivity index (χ0n) is 15.5. The summed E-state index contributed by atoms with van der Waals surface area (Å²) >= 11 is 6.38. The molecule has 2 unspecified atom stereocenters. The van der Waals surface area contributed by atoms with Crippen molar-refractivity contribution in [3.05, 3.63) is 52.8 Å². The van der Waals surface area contributed by atoms with Crippen molar-refractivity contribution in [2.75, 3.05) is 13.1 Å². The van der Waals surface area contributed by atoms with Crippen LogP contribution >= 0.6 is 24.0 Å². The summed E-state index contributed by atoms with van der Waals surface area (Å²) in [6, 6.07) is 10.2. The number of piperidine rings is 1. The van der Waals surface area contributed by atoms with Crippen molar-refractivity contribution in [1.29, 1.82) is 0 Å². The summed E-state index contributed by atoms with van der Waals surface area (Å²) < 4.78 is 1.95. The first-order chi connectivity index (χ1) is 12.6. The van der Waals surface area contributed by atoms with Crippen LogP contribution in [0.4, 0.5) is 0 Å². The molecular weight excluding hydrogens is 383 g/mol. The molecule has 1 N–H and O–H groups in total. The molecule has 4 rings (SSSR count). The molecule has 1 saturated carbocycles. The molecule has 2 heterocycles. The summed E-state index contributed by atoms with van der Waals surface area (Å²) in [5.74, 6) is 0.00226. The molecule has 1 aliphatic carbocycles. The molecule has 2 atom stereocenters. The van der Waals surface area contributed by atoms with Gasteiger partial charge in [-0.3, -0.25) is 9.48 Å². The van der Waals surface area contributed by atoms with Gasteiger partial charge in [0.25, 0.3) is 5.91 Å². The average Bonchev–Trinajstić information content (AvgIpc) is 3.37. The van der Waals surface area contributed by atoms with Crippen LogP contribution in [0.2, 0.25) is 5.02 Å². The van der Waals surface area contributed by atoms with Gasteiger partial charge in [0.05, 0.1) is 12.1 Å². The molecule has 1 aromatic heterocycles. The Hall–Kier alpha value is -1.56. The lowest BCUT2D eigenvalue weighted by atomic mass is 10.1. The van der Waals surface area contributed by atoms with Crippen LogP contribution in [0.1, 0.15) is 60.7 Å². The normalized spacial score (nSPS) is 20.6. The average molecular weight is 409 g/mol. The van der Waals surface area contributed by atoms with Crippen LogP contribution in [0.5, 0.6) is 0 Å². The van der Waals surface area contributed by atoms with Crippen LogP contribution < -0.4 is 5.32 Å². The standard InChI is InChI=1S/C20H25ClN4O.ClH/c1-14(17-6-2-3-7-18(17)21)25(15-8-9-15)20(26)19-10-12-24(23-19)16-5-4-11-22-13-16;/h2-3,6-7,10,12,14-16,22H,4-5,8-9,11,13H2,1H3;1H. The van der Waals surface area contributed by atoms with Crippen LogP contribution in [-0.4, -0.2) is 39.7 Å². The van der Waals surface area contributed by atoms with Gasteiger partial charge >= 0.3 is 0 Å². The lowest BCUT2D eigenvalue weighted by Crippen LogP contribution is -2.36. The molecule has 0 radical (unpaired) electrons. The highest BCUT2D eigenvalue weighted by Gasteiger charge is 2.38. The fourth-order valence-corrected chi connectivity index (χ4v) is 4.11. The molecule has 5 nitrogen and oxygen atoms in total. The summed E-state index contributed by atoms with van der Waals surface area (Å²) in [7, 11) is 0. The number of amides is 1. The topological polar surface area (TPSA) is 50.2 Å². The number of halogens is 2. The Morgan fingerprint density at radius 3 is 2.74 bits per heavy atom. The second-order valence-electron chi connectivity index (χ2n) is 7.32. The minimum Gasteiger partial charge on any atom is -0.327 e. The second kappa shape index (κ2) is 8.63. The van der Waals surface area contributed by atoms with E-state index >= 15 is 0 Å². The molecule has 1 aromatic carbocycles. The number of hydrogen-bond acceptors (Lipinski definition) is 3. The van der Waals surface area contributed by atoms with Crippen molar-refractivity contribution in [3.8, 4) is 0 Å². The Bertz CT molecular complexity index is 784. The first kappa shape index (κ1) is 20.2. The lowest BCUT2D eigenvalue weighted by molar-refractivity contribution is 0.0666. The number of benzene rings is 1. The SMILES string of the molecule is CC(c1ccccc1Cl)N(C(=O)c1ccn(C2CCCNC2)n1)C1CC1.Cl. The fraction of sp³-hybridized carbons (Fsp3) is 0.500. The molecule has 146 valence electrons. The minimum absolute atomic E-state index is 0. The lowest BCUT2D eigenvalue weighted by Gasteiger charge is -2.30. The highest BCUT2D eigenvalue weighted by atomic mass is 35.5. The van der Waals surface area contributed by atoms with Crippen molar-refractivity contribution in [2.24, 2.45) is 0 Å². The second-order valence-corrected chi connectivity index (χ2v) is 7.73. The smallest absolute Gasteiger partial charge is 0.275 e.